The Morgan fingerprint density at radius 1 is 1.37 bits per heavy atom. The van der Waals surface area contributed by atoms with Crippen LogP contribution < -0.4 is 10.5 Å². The molecule has 1 unspecified atom stereocenters. The van der Waals surface area contributed by atoms with Crippen LogP contribution in [0.2, 0.25) is 0 Å². The van der Waals surface area contributed by atoms with Gasteiger partial charge in [-0.25, -0.2) is 4.39 Å². The summed E-state index contributed by atoms with van der Waals surface area (Å²) in [5.74, 6) is 0.896. The van der Waals surface area contributed by atoms with Crippen molar-refractivity contribution >= 4 is 0 Å². The van der Waals surface area contributed by atoms with Crippen LogP contribution >= 0.6 is 0 Å². The predicted octanol–water partition coefficient (Wildman–Crippen LogP) is 1.99. The fourth-order valence-corrected chi connectivity index (χ4v) is 1.73. The first-order valence-corrected chi connectivity index (χ1v) is 6.00. The van der Waals surface area contributed by atoms with Gasteiger partial charge in [-0.15, -0.1) is 10.2 Å². The van der Waals surface area contributed by atoms with Gasteiger partial charge >= 0.3 is 0 Å². The Labute approximate surface area is 110 Å². The Kier molecular flexibility index (Phi) is 4.11. The maximum absolute atomic E-state index is 13.4. The van der Waals surface area contributed by atoms with Crippen LogP contribution in [0.1, 0.15) is 24.3 Å². The van der Waals surface area contributed by atoms with Gasteiger partial charge < -0.3 is 14.9 Å². The largest absolute Gasteiger partial charge is 0.484 e. The molecule has 2 N–H and O–H groups in total. The molecule has 1 heterocycles. The summed E-state index contributed by atoms with van der Waals surface area (Å²) in [6.45, 7) is 3.67. The molecule has 0 spiro atoms. The molecule has 0 aliphatic rings. The summed E-state index contributed by atoms with van der Waals surface area (Å²) in [4.78, 5) is 0. The van der Waals surface area contributed by atoms with E-state index in [0.717, 1.165) is 5.56 Å². The third-order valence-electron chi connectivity index (χ3n) is 2.42. The zero-order valence-corrected chi connectivity index (χ0v) is 10.9. The minimum atomic E-state index is -0.352. The van der Waals surface area contributed by atoms with Crippen molar-refractivity contribution in [1.29, 1.82) is 0 Å². The molecule has 2 rings (SSSR count). The molecule has 0 amide bonds. The van der Waals surface area contributed by atoms with Crippen molar-refractivity contribution < 1.29 is 13.5 Å². The Balaban J connectivity index is 2.05. The lowest BCUT2D eigenvalue weighted by atomic mass is 10.1. The molecule has 0 aliphatic carbocycles. The van der Waals surface area contributed by atoms with Gasteiger partial charge in [0, 0.05) is 19.0 Å². The van der Waals surface area contributed by atoms with Crippen LogP contribution in [0.4, 0.5) is 4.39 Å². The topological polar surface area (TPSA) is 74.2 Å². The number of aryl methyl sites for hydroxylation is 1. The molecular weight excluding hydrogens is 249 g/mol. The molecule has 102 valence electrons. The van der Waals surface area contributed by atoms with Crippen LogP contribution in [-0.4, -0.2) is 16.2 Å². The fourth-order valence-electron chi connectivity index (χ4n) is 1.73. The van der Waals surface area contributed by atoms with E-state index in [9.17, 15) is 4.39 Å². The summed E-state index contributed by atoms with van der Waals surface area (Å²) in [6, 6.07) is 4.49. The minimum Gasteiger partial charge on any atom is -0.484 e. The molecule has 1 aromatic carbocycles. The van der Waals surface area contributed by atoms with Gasteiger partial charge in [0.15, 0.2) is 6.61 Å². The van der Waals surface area contributed by atoms with Gasteiger partial charge in [-0.2, -0.15) is 0 Å². The summed E-state index contributed by atoms with van der Waals surface area (Å²) < 4.78 is 24.0. The van der Waals surface area contributed by atoms with E-state index in [0.29, 0.717) is 24.0 Å². The molecule has 19 heavy (non-hydrogen) atoms. The number of ether oxygens (including phenoxy) is 1. The van der Waals surface area contributed by atoms with E-state index in [1.807, 2.05) is 6.92 Å². The van der Waals surface area contributed by atoms with Gasteiger partial charge in [0.25, 0.3) is 5.89 Å². The van der Waals surface area contributed by atoms with Crippen molar-refractivity contribution in [3.63, 3.8) is 0 Å². The highest BCUT2D eigenvalue weighted by Crippen LogP contribution is 2.18. The predicted molar refractivity (Wildman–Crippen MR) is 67.1 cm³/mol. The first-order chi connectivity index (χ1) is 9.02. The van der Waals surface area contributed by atoms with E-state index in [-0.39, 0.29) is 18.5 Å². The van der Waals surface area contributed by atoms with Crippen LogP contribution in [0, 0.1) is 12.7 Å². The standard InChI is InChI=1S/C13H16FN3O2/c1-8(15)3-10-4-11(14)6-12(5-10)18-7-13-17-16-9(2)19-13/h4-6,8H,3,7,15H2,1-2H3. The van der Waals surface area contributed by atoms with Crippen molar-refractivity contribution in [1.82, 2.24) is 10.2 Å². The lowest BCUT2D eigenvalue weighted by Crippen LogP contribution is -2.17. The second-order valence-electron chi connectivity index (χ2n) is 4.48. The molecule has 1 aromatic heterocycles. The monoisotopic (exact) mass is 265 g/mol. The Morgan fingerprint density at radius 2 is 2.16 bits per heavy atom. The van der Waals surface area contributed by atoms with Crippen molar-refractivity contribution in [2.75, 3.05) is 0 Å². The Morgan fingerprint density at radius 3 is 2.79 bits per heavy atom. The zero-order valence-electron chi connectivity index (χ0n) is 10.9. The number of halogens is 1. The van der Waals surface area contributed by atoms with Crippen molar-refractivity contribution in [2.24, 2.45) is 5.73 Å². The average molecular weight is 265 g/mol. The SMILES string of the molecule is Cc1nnc(COc2cc(F)cc(CC(C)N)c2)o1. The van der Waals surface area contributed by atoms with Gasteiger partial charge in [-0.3, -0.25) is 0 Å². The highest BCUT2D eigenvalue weighted by atomic mass is 19.1. The maximum atomic E-state index is 13.4. The number of nitrogens with zero attached hydrogens (tertiary/aromatic N) is 2. The zero-order chi connectivity index (χ0) is 13.8. The summed E-state index contributed by atoms with van der Waals surface area (Å²) in [5, 5.41) is 7.48. The van der Waals surface area contributed by atoms with E-state index in [1.165, 1.54) is 12.1 Å². The third kappa shape index (κ3) is 4.03. The number of rotatable bonds is 5. The molecule has 6 heteroatoms. The molecule has 0 bridgehead atoms. The minimum absolute atomic E-state index is 0.0340. The Bertz CT molecular complexity index is 555. The van der Waals surface area contributed by atoms with Crippen molar-refractivity contribution in [3.8, 4) is 5.75 Å². The summed E-state index contributed by atoms with van der Waals surface area (Å²) in [5.41, 5.74) is 6.49. The molecule has 0 aliphatic heterocycles. The van der Waals surface area contributed by atoms with E-state index < -0.39 is 0 Å². The van der Waals surface area contributed by atoms with E-state index in [2.05, 4.69) is 10.2 Å². The second kappa shape index (κ2) is 5.79. The molecule has 0 saturated heterocycles. The van der Waals surface area contributed by atoms with Crippen molar-refractivity contribution in [2.45, 2.75) is 32.9 Å². The van der Waals surface area contributed by atoms with Crippen LogP contribution in [0.3, 0.4) is 0 Å². The van der Waals surface area contributed by atoms with Crippen LogP contribution in [0.5, 0.6) is 5.75 Å². The molecule has 0 fully saturated rings. The summed E-state index contributed by atoms with van der Waals surface area (Å²) >= 11 is 0. The molecule has 5 nitrogen and oxygen atoms in total. The molecular formula is C13H16FN3O2. The average Bonchev–Trinajstić information content (AvgIpc) is 2.71. The number of hydrogen-bond acceptors (Lipinski definition) is 5. The second-order valence-corrected chi connectivity index (χ2v) is 4.48. The lowest BCUT2D eigenvalue weighted by Gasteiger charge is -2.09. The van der Waals surface area contributed by atoms with Crippen LogP contribution in [0.15, 0.2) is 22.6 Å². The Hall–Kier alpha value is -1.95. The first-order valence-electron chi connectivity index (χ1n) is 6.00. The highest BCUT2D eigenvalue weighted by Gasteiger charge is 2.07. The molecule has 0 saturated carbocycles. The van der Waals surface area contributed by atoms with Gasteiger partial charge in [0.2, 0.25) is 5.89 Å². The van der Waals surface area contributed by atoms with Gasteiger partial charge in [0.1, 0.15) is 11.6 Å². The van der Waals surface area contributed by atoms with Crippen molar-refractivity contribution in [3.05, 3.63) is 41.4 Å². The molecule has 1 atom stereocenters. The van der Waals surface area contributed by atoms with E-state index in [1.54, 1.807) is 13.0 Å². The number of benzene rings is 1. The van der Waals surface area contributed by atoms with E-state index >= 15 is 0 Å². The third-order valence-corrected chi connectivity index (χ3v) is 2.42. The molecule has 0 radical (unpaired) electrons. The number of nitrogens with two attached hydrogens (primary N) is 1. The quantitative estimate of drug-likeness (QED) is 0.894. The fraction of sp³-hybridized carbons (Fsp3) is 0.385. The van der Waals surface area contributed by atoms with Gasteiger partial charge in [-0.1, -0.05) is 0 Å². The van der Waals surface area contributed by atoms with Crippen LogP contribution in [-0.2, 0) is 13.0 Å². The molecule has 2 aromatic rings. The van der Waals surface area contributed by atoms with Gasteiger partial charge in [-0.05, 0) is 31.0 Å². The number of hydrogen-bond donors (Lipinski definition) is 1. The van der Waals surface area contributed by atoms with Gasteiger partial charge in [0.05, 0.1) is 0 Å². The normalized spacial score (nSPS) is 12.4. The van der Waals surface area contributed by atoms with E-state index in [4.69, 9.17) is 14.9 Å². The first kappa shape index (κ1) is 13.5. The van der Waals surface area contributed by atoms with Crippen LogP contribution in [0.25, 0.3) is 0 Å². The smallest absolute Gasteiger partial charge is 0.253 e. The lowest BCUT2D eigenvalue weighted by molar-refractivity contribution is 0.259. The summed E-state index contributed by atoms with van der Waals surface area (Å²) in [6.07, 6.45) is 0.591. The maximum Gasteiger partial charge on any atom is 0.253 e. The highest BCUT2D eigenvalue weighted by molar-refractivity contribution is 5.30. The summed E-state index contributed by atoms with van der Waals surface area (Å²) in [7, 11) is 0. The number of aromatic nitrogens is 2.